The molecule has 0 radical (unpaired) electrons. The molecule has 2 amide bonds. The van der Waals surface area contributed by atoms with Crippen molar-refractivity contribution in [1.82, 2.24) is 4.90 Å². The molecule has 5 aromatic rings. The summed E-state index contributed by atoms with van der Waals surface area (Å²) in [6, 6.07) is 38.7. The Morgan fingerprint density at radius 1 is 0.865 bits per heavy atom. The minimum atomic E-state index is -2.17. The fourth-order valence-corrected chi connectivity index (χ4v) is 12.7. The lowest BCUT2D eigenvalue weighted by molar-refractivity contribution is -0.135. The van der Waals surface area contributed by atoms with Crippen LogP contribution in [0.5, 0.6) is 5.75 Å². The maximum Gasteiger partial charge on any atom is 0.263 e. The second-order valence-corrected chi connectivity index (χ2v) is 19.5. The van der Waals surface area contributed by atoms with E-state index in [1.165, 1.54) is 10.8 Å². The zero-order valence-electron chi connectivity index (χ0n) is 30.5. The zero-order chi connectivity index (χ0) is 36.4. The van der Waals surface area contributed by atoms with Crippen LogP contribution in [0.25, 0.3) is 10.8 Å². The second-order valence-electron chi connectivity index (χ2n) is 14.8. The highest BCUT2D eigenvalue weighted by molar-refractivity contribution is 6.91. The van der Waals surface area contributed by atoms with Crippen molar-refractivity contribution in [3.63, 3.8) is 0 Å². The fourth-order valence-electron chi connectivity index (χ4n) is 8.65. The number of carbonyl (C=O) groups excluding carboxylic acids is 2. The van der Waals surface area contributed by atoms with Gasteiger partial charge in [-0.05, 0) is 77.2 Å². The van der Waals surface area contributed by atoms with E-state index < -0.39 is 8.07 Å². The molecule has 1 N–H and O–H groups in total. The van der Waals surface area contributed by atoms with Crippen molar-refractivity contribution < 1.29 is 24.2 Å². The van der Waals surface area contributed by atoms with Crippen molar-refractivity contribution in [3.8, 4) is 5.75 Å². The highest BCUT2D eigenvalue weighted by Crippen LogP contribution is 2.47. The number of rotatable bonds is 13. The Kier molecular flexibility index (Phi) is 10.3. The van der Waals surface area contributed by atoms with Gasteiger partial charge in [0, 0.05) is 24.2 Å². The van der Waals surface area contributed by atoms with Gasteiger partial charge in [0.15, 0.2) is 0 Å². The van der Waals surface area contributed by atoms with Crippen LogP contribution in [-0.2, 0) is 22.5 Å². The van der Waals surface area contributed by atoms with Gasteiger partial charge in [-0.1, -0.05) is 104 Å². The van der Waals surface area contributed by atoms with Crippen LogP contribution in [0.1, 0.15) is 41.3 Å². The van der Waals surface area contributed by atoms with Crippen LogP contribution in [0.4, 0.5) is 11.4 Å². The van der Waals surface area contributed by atoms with Crippen LogP contribution in [0.2, 0.25) is 18.6 Å². The van der Waals surface area contributed by atoms with Crippen molar-refractivity contribution in [2.75, 3.05) is 25.2 Å². The van der Waals surface area contributed by atoms with E-state index in [9.17, 15) is 14.7 Å². The Bertz CT molecular complexity index is 2030. The zero-order valence-corrected chi connectivity index (χ0v) is 31.5. The molecule has 0 aliphatic carbocycles. The summed E-state index contributed by atoms with van der Waals surface area (Å²) in [5.74, 6) is 1.08. The number of carbonyl (C=O) groups is 2. The molecule has 7 rings (SSSR count). The van der Waals surface area contributed by atoms with Gasteiger partial charge in [0.1, 0.15) is 5.75 Å². The molecule has 4 atom stereocenters. The average Bonchev–Trinajstić information content (AvgIpc) is 3.64. The predicted octanol–water partition coefficient (Wildman–Crippen LogP) is 7.87. The summed E-state index contributed by atoms with van der Waals surface area (Å²) < 4.78 is 12.4. The third-order valence-electron chi connectivity index (χ3n) is 11.4. The molecule has 0 unspecified atom stereocenters. The van der Waals surface area contributed by atoms with E-state index in [1.54, 1.807) is 12.0 Å². The van der Waals surface area contributed by atoms with Crippen LogP contribution in [0.3, 0.4) is 0 Å². The first-order valence-corrected chi connectivity index (χ1v) is 21.4. The molecule has 0 aromatic heterocycles. The molecule has 268 valence electrons. The summed E-state index contributed by atoms with van der Waals surface area (Å²) in [5, 5.41) is 13.3. The lowest BCUT2D eigenvalue weighted by atomic mass is 9.95. The smallest absolute Gasteiger partial charge is 0.263 e. The van der Waals surface area contributed by atoms with E-state index in [1.807, 2.05) is 83.8 Å². The second kappa shape index (κ2) is 15.1. The molecule has 1 fully saturated rings. The van der Waals surface area contributed by atoms with Gasteiger partial charge in [-0.2, -0.15) is 0 Å². The van der Waals surface area contributed by atoms with Gasteiger partial charge in [0.05, 0.1) is 51.7 Å². The van der Waals surface area contributed by atoms with Crippen molar-refractivity contribution in [2.24, 2.45) is 5.92 Å². The summed E-state index contributed by atoms with van der Waals surface area (Å²) in [6.07, 6.45) is 1.67. The highest BCUT2D eigenvalue weighted by Gasteiger charge is 2.51. The number of aliphatic hydroxyl groups is 1. The summed E-state index contributed by atoms with van der Waals surface area (Å²) in [6.45, 7) is 7.73. The molecule has 1 saturated heterocycles. The Hall–Kier alpha value is -4.76. The van der Waals surface area contributed by atoms with E-state index in [2.05, 4.69) is 56.4 Å². The SMILES string of the molecule is COc1ccc([Si](C)(C)[C@@H]2[C@@H](C)[C@@H](CCc3ccc(N4C(=O)c5cccc6cccc4c56)cc3)O[C@H]2CC(=O)N(CCO)Cc2ccccc2)cc1. The standard InChI is InChI=1S/C44H48N2O5Si/c1-30-39(25-18-31-16-19-34(20-17-31)46-38-15-9-13-33-12-8-14-37(42(33)38)44(46)49)51-40(43(30)52(3,4)36-23-21-35(50-2)22-24-36)28-41(48)45(26-27-47)29-32-10-6-5-7-11-32/h5-17,19-24,30,39-40,43,47H,18,25-29H2,1-4H3/t30-,39+,40-,43+/m0/s1. The van der Waals surface area contributed by atoms with Crippen molar-refractivity contribution >= 4 is 47.2 Å². The van der Waals surface area contributed by atoms with Gasteiger partial charge in [0.25, 0.3) is 5.91 Å². The molecule has 2 heterocycles. The molecule has 0 saturated carbocycles. The molecule has 8 heteroatoms. The molecule has 5 aromatic carbocycles. The molecule has 0 spiro atoms. The maximum atomic E-state index is 14.0. The minimum Gasteiger partial charge on any atom is -0.497 e. The van der Waals surface area contributed by atoms with E-state index in [0.717, 1.165) is 51.9 Å². The number of aryl methyl sites for hydroxylation is 1. The van der Waals surface area contributed by atoms with Crippen LogP contribution >= 0.6 is 0 Å². The first-order chi connectivity index (χ1) is 25.2. The van der Waals surface area contributed by atoms with Gasteiger partial charge < -0.3 is 19.5 Å². The quantitative estimate of drug-likeness (QED) is 0.126. The topological polar surface area (TPSA) is 79.3 Å². The average molecular weight is 713 g/mol. The van der Waals surface area contributed by atoms with Crippen LogP contribution in [0, 0.1) is 5.92 Å². The third-order valence-corrected chi connectivity index (χ3v) is 15.7. The third kappa shape index (κ3) is 6.90. The number of anilines is 2. The molecule has 2 aliphatic heterocycles. The number of ether oxygens (including phenoxy) is 2. The summed E-state index contributed by atoms with van der Waals surface area (Å²) in [5.41, 5.74) is 4.95. The molecular weight excluding hydrogens is 665 g/mol. The first kappa shape index (κ1) is 35.6. The van der Waals surface area contributed by atoms with Crippen LogP contribution in [-0.4, -0.2) is 62.4 Å². The number of nitrogens with zero attached hydrogens (tertiary/aromatic N) is 2. The summed E-state index contributed by atoms with van der Waals surface area (Å²) >= 11 is 0. The van der Waals surface area contributed by atoms with Gasteiger partial charge in [0.2, 0.25) is 5.91 Å². The largest absolute Gasteiger partial charge is 0.497 e. The number of benzene rings is 5. The van der Waals surface area contributed by atoms with E-state index >= 15 is 0 Å². The number of amides is 2. The van der Waals surface area contributed by atoms with Crippen molar-refractivity contribution in [3.05, 3.63) is 132 Å². The van der Waals surface area contributed by atoms with Crippen molar-refractivity contribution in [1.29, 1.82) is 0 Å². The Labute approximate surface area is 307 Å². The highest BCUT2D eigenvalue weighted by atomic mass is 28.3. The summed E-state index contributed by atoms with van der Waals surface area (Å²) in [4.78, 5) is 31.1. The molecule has 2 aliphatic rings. The molecular formula is C44H48N2O5Si. The van der Waals surface area contributed by atoms with Gasteiger partial charge in [-0.15, -0.1) is 0 Å². The van der Waals surface area contributed by atoms with Crippen molar-refractivity contribution in [2.45, 2.75) is 63.6 Å². The summed E-state index contributed by atoms with van der Waals surface area (Å²) in [7, 11) is -0.483. The minimum absolute atomic E-state index is 0.00400. The lowest BCUT2D eigenvalue weighted by Crippen LogP contribution is -2.51. The van der Waals surface area contributed by atoms with E-state index in [-0.39, 0.29) is 55.1 Å². The molecule has 52 heavy (non-hydrogen) atoms. The lowest BCUT2D eigenvalue weighted by Gasteiger charge is -2.36. The molecule has 0 bridgehead atoms. The van der Waals surface area contributed by atoms with Gasteiger partial charge in [-0.25, -0.2) is 0 Å². The number of hydrogen-bond donors (Lipinski definition) is 1. The van der Waals surface area contributed by atoms with E-state index in [4.69, 9.17) is 9.47 Å². The van der Waals surface area contributed by atoms with Crippen LogP contribution < -0.4 is 14.8 Å². The number of hydrogen-bond acceptors (Lipinski definition) is 5. The van der Waals surface area contributed by atoms with Crippen LogP contribution in [0.15, 0.2) is 115 Å². The first-order valence-electron chi connectivity index (χ1n) is 18.4. The Morgan fingerprint density at radius 2 is 1.58 bits per heavy atom. The fraction of sp³-hybridized carbons (Fsp3) is 0.318. The normalized spacial score (nSPS) is 19.7. The number of aliphatic hydroxyl groups excluding tert-OH is 1. The van der Waals surface area contributed by atoms with Gasteiger partial charge in [-0.3, -0.25) is 14.5 Å². The number of methoxy groups -OCH3 is 1. The Balaban J connectivity index is 1.09. The Morgan fingerprint density at radius 3 is 2.27 bits per heavy atom. The monoisotopic (exact) mass is 712 g/mol. The van der Waals surface area contributed by atoms with E-state index in [0.29, 0.717) is 6.54 Å². The maximum absolute atomic E-state index is 14.0. The molecule has 7 nitrogen and oxygen atoms in total. The van der Waals surface area contributed by atoms with Gasteiger partial charge >= 0.3 is 0 Å². The predicted molar refractivity (Wildman–Crippen MR) is 210 cm³/mol.